The van der Waals surface area contributed by atoms with E-state index in [9.17, 15) is 14.9 Å². The quantitative estimate of drug-likeness (QED) is 0.321. The molecule has 3 aromatic rings. The molecule has 1 N–H and O–H groups in total. The predicted molar refractivity (Wildman–Crippen MR) is 110 cm³/mol. The van der Waals surface area contributed by atoms with Gasteiger partial charge in [-0.2, -0.15) is 0 Å². The molecule has 8 heteroatoms. The average Bonchev–Trinajstić information content (AvgIpc) is 2.73. The lowest BCUT2D eigenvalue weighted by molar-refractivity contribution is -0.384. The van der Waals surface area contributed by atoms with Crippen LogP contribution in [0.25, 0.3) is 0 Å². The third-order valence-corrected chi connectivity index (χ3v) is 4.20. The first-order valence-corrected chi connectivity index (χ1v) is 9.07. The second-order valence-corrected chi connectivity index (χ2v) is 6.32. The molecule has 0 aliphatic carbocycles. The van der Waals surface area contributed by atoms with Gasteiger partial charge in [-0.25, -0.2) is 0 Å². The molecule has 0 spiro atoms. The normalized spacial score (nSPS) is 10.2. The number of para-hydroxylation sites is 1. The van der Waals surface area contributed by atoms with Gasteiger partial charge in [-0.05, 0) is 48.5 Å². The first-order valence-electron chi connectivity index (χ1n) is 8.69. The van der Waals surface area contributed by atoms with Crippen LogP contribution in [0.1, 0.15) is 10.4 Å². The molecule has 29 heavy (non-hydrogen) atoms. The van der Waals surface area contributed by atoms with Crippen LogP contribution in [-0.4, -0.2) is 24.0 Å². The summed E-state index contributed by atoms with van der Waals surface area (Å²) in [5.74, 6) is 0.964. The molecular formula is C21H17ClN2O5. The number of nitrogens with one attached hydrogen (secondary N) is 1. The fraction of sp³-hybridized carbons (Fsp3) is 0.0952. The molecule has 3 rings (SSSR count). The van der Waals surface area contributed by atoms with Crippen LogP contribution in [0.15, 0.2) is 72.8 Å². The lowest BCUT2D eigenvalue weighted by Crippen LogP contribution is -2.12. The molecule has 0 aliphatic rings. The summed E-state index contributed by atoms with van der Waals surface area (Å²) >= 11 is 5.77. The van der Waals surface area contributed by atoms with Crippen LogP contribution in [0.5, 0.6) is 11.5 Å². The van der Waals surface area contributed by atoms with Crippen molar-refractivity contribution in [1.82, 2.24) is 0 Å². The Hall–Kier alpha value is -3.58. The minimum atomic E-state index is -0.606. The van der Waals surface area contributed by atoms with Gasteiger partial charge < -0.3 is 14.8 Å². The van der Waals surface area contributed by atoms with Gasteiger partial charge in [0.2, 0.25) is 0 Å². The van der Waals surface area contributed by atoms with Crippen LogP contribution >= 0.6 is 11.6 Å². The van der Waals surface area contributed by atoms with E-state index in [1.54, 1.807) is 24.3 Å². The molecule has 0 atom stereocenters. The Morgan fingerprint density at radius 2 is 1.55 bits per heavy atom. The zero-order valence-corrected chi connectivity index (χ0v) is 16.0. The highest BCUT2D eigenvalue weighted by atomic mass is 35.5. The van der Waals surface area contributed by atoms with Crippen LogP contribution in [0, 0.1) is 10.1 Å². The molecule has 0 unspecified atom stereocenters. The highest BCUT2D eigenvalue weighted by Crippen LogP contribution is 2.27. The number of rotatable bonds is 8. The highest BCUT2D eigenvalue weighted by molar-refractivity contribution is 6.32. The number of halogens is 1. The van der Waals surface area contributed by atoms with Crippen molar-refractivity contribution in [2.24, 2.45) is 0 Å². The maximum absolute atomic E-state index is 12.3. The van der Waals surface area contributed by atoms with Crippen LogP contribution < -0.4 is 14.8 Å². The lowest BCUT2D eigenvalue weighted by atomic mass is 10.2. The van der Waals surface area contributed by atoms with Crippen molar-refractivity contribution in [2.75, 3.05) is 18.5 Å². The zero-order valence-electron chi connectivity index (χ0n) is 15.2. The predicted octanol–water partition coefficient (Wildman–Crippen LogP) is 4.96. The van der Waals surface area contributed by atoms with Gasteiger partial charge in [0.1, 0.15) is 29.7 Å². The number of carbonyl (C=O) groups excluding carboxylic acids is 1. The molecule has 0 aromatic heterocycles. The van der Waals surface area contributed by atoms with E-state index in [0.717, 1.165) is 5.75 Å². The molecule has 0 aliphatic heterocycles. The molecular weight excluding hydrogens is 396 g/mol. The summed E-state index contributed by atoms with van der Waals surface area (Å²) in [6.45, 7) is 0.747. The van der Waals surface area contributed by atoms with Crippen LogP contribution in [0.3, 0.4) is 0 Å². The summed E-state index contributed by atoms with van der Waals surface area (Å²) in [6, 6.07) is 20.0. The first-order chi connectivity index (χ1) is 14.0. The van der Waals surface area contributed by atoms with Crippen molar-refractivity contribution >= 4 is 28.9 Å². The molecule has 7 nitrogen and oxygen atoms in total. The van der Waals surface area contributed by atoms with E-state index in [0.29, 0.717) is 24.5 Å². The van der Waals surface area contributed by atoms with Crippen molar-refractivity contribution in [3.63, 3.8) is 0 Å². The van der Waals surface area contributed by atoms with Gasteiger partial charge >= 0.3 is 0 Å². The lowest BCUT2D eigenvalue weighted by Gasteiger charge is -2.09. The topological polar surface area (TPSA) is 90.7 Å². The van der Waals surface area contributed by atoms with E-state index >= 15 is 0 Å². The van der Waals surface area contributed by atoms with E-state index in [1.165, 1.54) is 18.2 Å². The maximum Gasteiger partial charge on any atom is 0.289 e. The average molecular weight is 413 g/mol. The van der Waals surface area contributed by atoms with Crippen molar-refractivity contribution in [1.29, 1.82) is 0 Å². The molecule has 1 amide bonds. The van der Waals surface area contributed by atoms with Crippen molar-refractivity contribution < 1.29 is 19.2 Å². The van der Waals surface area contributed by atoms with Gasteiger partial charge in [0.05, 0.1) is 4.92 Å². The summed E-state index contributed by atoms with van der Waals surface area (Å²) in [5.41, 5.74) is 0.394. The summed E-state index contributed by atoms with van der Waals surface area (Å²) in [6.07, 6.45) is 0. The summed E-state index contributed by atoms with van der Waals surface area (Å²) in [5, 5.41) is 13.6. The number of nitrogens with zero attached hydrogens (tertiary/aromatic N) is 1. The summed E-state index contributed by atoms with van der Waals surface area (Å²) in [7, 11) is 0. The second-order valence-electron chi connectivity index (χ2n) is 5.91. The number of anilines is 1. The molecule has 0 radical (unpaired) electrons. The first kappa shape index (κ1) is 20.2. The highest BCUT2D eigenvalue weighted by Gasteiger charge is 2.14. The van der Waals surface area contributed by atoms with Gasteiger partial charge in [0, 0.05) is 17.3 Å². The van der Waals surface area contributed by atoms with Crippen molar-refractivity contribution in [3.8, 4) is 11.5 Å². The Kier molecular flexibility index (Phi) is 6.65. The number of ether oxygens (including phenoxy) is 2. The van der Waals surface area contributed by atoms with Gasteiger partial charge in [0.15, 0.2) is 0 Å². The monoisotopic (exact) mass is 412 g/mol. The zero-order chi connectivity index (χ0) is 20.6. The molecule has 0 heterocycles. The van der Waals surface area contributed by atoms with Gasteiger partial charge in [-0.1, -0.05) is 29.8 Å². The fourth-order valence-corrected chi connectivity index (χ4v) is 2.66. The van der Waals surface area contributed by atoms with Gasteiger partial charge in [0.25, 0.3) is 11.6 Å². The molecule has 0 bridgehead atoms. The number of benzene rings is 3. The Balaban J connectivity index is 1.52. The third-order valence-electron chi connectivity index (χ3n) is 3.88. The molecule has 0 saturated carbocycles. The van der Waals surface area contributed by atoms with Crippen LogP contribution in [-0.2, 0) is 0 Å². The number of carbonyl (C=O) groups is 1. The van der Waals surface area contributed by atoms with E-state index < -0.39 is 10.8 Å². The minimum absolute atomic E-state index is 0.00532. The molecule has 3 aromatic carbocycles. The van der Waals surface area contributed by atoms with E-state index in [2.05, 4.69) is 5.32 Å². The van der Waals surface area contributed by atoms with Crippen molar-refractivity contribution in [2.45, 2.75) is 0 Å². The van der Waals surface area contributed by atoms with E-state index in [4.69, 9.17) is 21.1 Å². The number of nitro benzene ring substituents is 1. The Labute approximate surface area is 172 Å². The third kappa shape index (κ3) is 5.70. The van der Waals surface area contributed by atoms with Crippen LogP contribution in [0.2, 0.25) is 5.02 Å². The number of hydrogen-bond donors (Lipinski definition) is 1. The summed E-state index contributed by atoms with van der Waals surface area (Å²) in [4.78, 5) is 22.7. The fourth-order valence-electron chi connectivity index (χ4n) is 2.47. The van der Waals surface area contributed by atoms with E-state index in [-0.39, 0.29) is 16.4 Å². The Bertz CT molecular complexity index is 994. The second kappa shape index (κ2) is 9.57. The smallest absolute Gasteiger partial charge is 0.289 e. The number of hydrogen-bond acceptors (Lipinski definition) is 5. The minimum Gasteiger partial charge on any atom is -0.490 e. The molecule has 0 fully saturated rings. The molecule has 0 saturated heterocycles. The largest absolute Gasteiger partial charge is 0.490 e. The van der Waals surface area contributed by atoms with Crippen molar-refractivity contribution in [3.05, 3.63) is 93.5 Å². The number of amides is 1. The summed E-state index contributed by atoms with van der Waals surface area (Å²) < 4.78 is 11.1. The van der Waals surface area contributed by atoms with Crippen LogP contribution in [0.4, 0.5) is 11.4 Å². The van der Waals surface area contributed by atoms with Gasteiger partial charge in [-0.3, -0.25) is 14.9 Å². The SMILES string of the molecule is O=C(Nc1ccc(Cl)c([N+](=O)[O-])c1)c1ccc(OCCOc2ccccc2)cc1. The van der Waals surface area contributed by atoms with Gasteiger partial charge in [-0.15, -0.1) is 0 Å². The number of nitro groups is 1. The molecule has 148 valence electrons. The standard InChI is InChI=1S/C21H17ClN2O5/c22-19-11-8-16(14-20(19)24(26)27)23-21(25)15-6-9-18(10-7-15)29-13-12-28-17-4-2-1-3-5-17/h1-11,14H,12-13H2,(H,23,25). The maximum atomic E-state index is 12.3. The Morgan fingerprint density at radius 1 is 0.931 bits per heavy atom. The van der Waals surface area contributed by atoms with E-state index in [1.807, 2.05) is 30.3 Å². The Morgan fingerprint density at radius 3 is 2.17 bits per heavy atom.